The minimum Gasteiger partial charge on any atom is -0.466 e. The molecule has 1 atom stereocenters. The number of rotatable bonds is 2. The lowest BCUT2D eigenvalue weighted by atomic mass is 9.70. The molecule has 26 heavy (non-hydrogen) atoms. The van der Waals surface area contributed by atoms with Crippen molar-refractivity contribution in [3.8, 4) is 0 Å². The van der Waals surface area contributed by atoms with E-state index >= 15 is 0 Å². The summed E-state index contributed by atoms with van der Waals surface area (Å²) in [5, 5.41) is 0. The number of anilines is 1. The Morgan fingerprint density at radius 3 is 2.54 bits per heavy atom. The Morgan fingerprint density at radius 1 is 1.12 bits per heavy atom. The van der Waals surface area contributed by atoms with Gasteiger partial charge in [0.1, 0.15) is 5.41 Å². The van der Waals surface area contributed by atoms with Crippen LogP contribution in [0, 0.1) is 0 Å². The van der Waals surface area contributed by atoms with Crippen LogP contribution in [-0.2, 0) is 19.7 Å². The van der Waals surface area contributed by atoms with Gasteiger partial charge in [-0.25, -0.2) is 4.79 Å². The second-order valence-corrected chi connectivity index (χ2v) is 7.21. The normalized spacial score (nSPS) is 20.9. The number of halogens is 1. The average Bonchev–Trinajstić information content (AvgIpc) is 3.16. The first-order valence-electron chi connectivity index (χ1n) is 8.16. The maximum Gasteiger partial charge on any atom is 0.335 e. The van der Waals surface area contributed by atoms with Crippen molar-refractivity contribution in [1.29, 1.82) is 0 Å². The molecular formula is C21H16BrNO3. The molecule has 1 heterocycles. The summed E-state index contributed by atoms with van der Waals surface area (Å²) < 4.78 is 5.86. The maximum absolute atomic E-state index is 13.5. The lowest BCUT2D eigenvalue weighted by Gasteiger charge is -2.29. The van der Waals surface area contributed by atoms with Crippen molar-refractivity contribution in [2.75, 3.05) is 19.1 Å². The van der Waals surface area contributed by atoms with Crippen molar-refractivity contribution in [3.63, 3.8) is 0 Å². The van der Waals surface area contributed by atoms with Gasteiger partial charge in [-0.05, 0) is 35.4 Å². The smallest absolute Gasteiger partial charge is 0.335 e. The summed E-state index contributed by atoms with van der Waals surface area (Å²) in [7, 11) is 3.07. The molecule has 130 valence electrons. The topological polar surface area (TPSA) is 46.6 Å². The van der Waals surface area contributed by atoms with Gasteiger partial charge in [0.15, 0.2) is 0 Å². The fourth-order valence-corrected chi connectivity index (χ4v) is 4.28. The van der Waals surface area contributed by atoms with Gasteiger partial charge in [-0.3, -0.25) is 4.79 Å². The van der Waals surface area contributed by atoms with Gasteiger partial charge in [0.25, 0.3) is 0 Å². The van der Waals surface area contributed by atoms with Gasteiger partial charge in [0, 0.05) is 22.8 Å². The zero-order chi connectivity index (χ0) is 18.5. The highest BCUT2D eigenvalue weighted by Crippen LogP contribution is 2.56. The summed E-state index contributed by atoms with van der Waals surface area (Å²) in [6.07, 6.45) is 3.55. The van der Waals surface area contributed by atoms with Crippen molar-refractivity contribution >= 4 is 39.1 Å². The zero-order valence-corrected chi connectivity index (χ0v) is 15.9. The van der Waals surface area contributed by atoms with E-state index in [4.69, 9.17) is 4.74 Å². The predicted octanol–water partition coefficient (Wildman–Crippen LogP) is 3.86. The summed E-state index contributed by atoms with van der Waals surface area (Å²) in [6, 6.07) is 15.4. The zero-order valence-electron chi connectivity index (χ0n) is 14.3. The molecule has 4 nitrogen and oxygen atoms in total. The van der Waals surface area contributed by atoms with Crippen LogP contribution in [0.1, 0.15) is 11.1 Å². The molecule has 2 aliphatic rings. The van der Waals surface area contributed by atoms with Crippen LogP contribution < -0.4 is 4.90 Å². The molecule has 1 amide bonds. The van der Waals surface area contributed by atoms with E-state index in [0.717, 1.165) is 26.9 Å². The van der Waals surface area contributed by atoms with E-state index in [-0.39, 0.29) is 5.91 Å². The quantitative estimate of drug-likeness (QED) is 0.707. The molecule has 0 fully saturated rings. The average molecular weight is 410 g/mol. The number of fused-ring (bicyclic) bond motifs is 2. The molecule has 0 bridgehead atoms. The number of benzene rings is 2. The Bertz CT molecular complexity index is 994. The Kier molecular flexibility index (Phi) is 3.84. The number of carbonyl (C=O) groups is 2. The van der Waals surface area contributed by atoms with Crippen LogP contribution >= 0.6 is 15.9 Å². The number of carbonyl (C=O) groups excluding carboxylic acids is 2. The van der Waals surface area contributed by atoms with Crippen molar-refractivity contribution in [3.05, 3.63) is 81.9 Å². The molecule has 1 spiro atoms. The van der Waals surface area contributed by atoms with E-state index in [1.165, 1.54) is 7.11 Å². The predicted molar refractivity (Wildman–Crippen MR) is 104 cm³/mol. The largest absolute Gasteiger partial charge is 0.466 e. The third-order valence-corrected chi connectivity index (χ3v) is 5.56. The van der Waals surface area contributed by atoms with E-state index in [2.05, 4.69) is 15.9 Å². The standard InChI is InChI=1S/C21H16BrNO3/c1-23-18-11-8-14(22)12-17(18)21(20(23)25)15(13-6-4-3-5-7-13)9-10-16(21)19(24)26-2/h3-12H,1-2H3/t21-/m0/s1. The molecule has 1 aliphatic carbocycles. The molecule has 0 N–H and O–H groups in total. The van der Waals surface area contributed by atoms with Gasteiger partial charge >= 0.3 is 5.97 Å². The van der Waals surface area contributed by atoms with E-state index in [0.29, 0.717) is 5.57 Å². The molecule has 0 radical (unpaired) electrons. The van der Waals surface area contributed by atoms with Crippen molar-refractivity contribution in [2.24, 2.45) is 0 Å². The van der Waals surface area contributed by atoms with Crippen LogP contribution in [-0.4, -0.2) is 26.0 Å². The Hall–Kier alpha value is -2.66. The van der Waals surface area contributed by atoms with E-state index in [9.17, 15) is 9.59 Å². The molecule has 0 unspecified atom stereocenters. The second kappa shape index (κ2) is 5.95. The highest BCUT2D eigenvalue weighted by atomic mass is 79.9. The minimum atomic E-state index is -1.19. The minimum absolute atomic E-state index is 0.158. The van der Waals surface area contributed by atoms with Crippen LogP contribution in [0.5, 0.6) is 0 Å². The molecule has 4 rings (SSSR count). The van der Waals surface area contributed by atoms with Crippen molar-refractivity contribution in [2.45, 2.75) is 5.41 Å². The molecule has 0 saturated carbocycles. The molecule has 2 aromatic carbocycles. The first kappa shape index (κ1) is 16.8. The van der Waals surface area contributed by atoms with E-state index in [1.54, 1.807) is 18.0 Å². The lowest BCUT2D eigenvalue weighted by molar-refractivity contribution is -0.137. The number of amides is 1. The van der Waals surface area contributed by atoms with Crippen LogP contribution in [0.3, 0.4) is 0 Å². The first-order chi connectivity index (χ1) is 12.5. The highest BCUT2D eigenvalue weighted by Gasteiger charge is 2.58. The summed E-state index contributed by atoms with van der Waals surface area (Å²) >= 11 is 3.50. The fourth-order valence-electron chi connectivity index (χ4n) is 3.92. The second-order valence-electron chi connectivity index (χ2n) is 6.29. The number of esters is 1. The van der Waals surface area contributed by atoms with Crippen LogP contribution in [0.15, 0.2) is 70.7 Å². The fraction of sp³-hybridized carbons (Fsp3) is 0.143. The lowest BCUT2D eigenvalue weighted by Crippen LogP contribution is -2.42. The highest BCUT2D eigenvalue weighted by molar-refractivity contribution is 9.10. The third-order valence-electron chi connectivity index (χ3n) is 5.06. The van der Waals surface area contributed by atoms with Gasteiger partial charge in [0.05, 0.1) is 12.7 Å². The van der Waals surface area contributed by atoms with Gasteiger partial charge < -0.3 is 9.64 Å². The number of hydrogen-bond donors (Lipinski definition) is 0. The Morgan fingerprint density at radius 2 is 1.85 bits per heavy atom. The summed E-state index contributed by atoms with van der Waals surface area (Å²) in [6.45, 7) is 0. The third kappa shape index (κ3) is 2.07. The Balaban J connectivity index is 2.05. The number of methoxy groups -OCH3 is 1. The number of hydrogen-bond acceptors (Lipinski definition) is 3. The number of likely N-dealkylation sites (N-methyl/N-ethyl adjacent to an activating group) is 1. The number of ether oxygens (including phenoxy) is 1. The summed E-state index contributed by atoms with van der Waals surface area (Å²) in [5.41, 5.74) is 2.40. The summed E-state index contributed by atoms with van der Waals surface area (Å²) in [5.74, 6) is -0.656. The van der Waals surface area contributed by atoms with Gasteiger partial charge in [-0.1, -0.05) is 52.3 Å². The van der Waals surface area contributed by atoms with Crippen molar-refractivity contribution < 1.29 is 14.3 Å². The van der Waals surface area contributed by atoms with Gasteiger partial charge in [0.2, 0.25) is 5.91 Å². The molecular weight excluding hydrogens is 394 g/mol. The SMILES string of the molecule is COC(=O)C1=CC=C(c2ccccc2)[C@]12C(=O)N(C)c1ccc(Br)cc12. The number of allylic oxidation sites excluding steroid dienone is 2. The van der Waals surface area contributed by atoms with Crippen LogP contribution in [0.25, 0.3) is 5.57 Å². The maximum atomic E-state index is 13.5. The molecule has 2 aromatic rings. The summed E-state index contributed by atoms with van der Waals surface area (Å²) in [4.78, 5) is 27.7. The monoisotopic (exact) mass is 409 g/mol. The molecule has 0 aromatic heterocycles. The van der Waals surface area contributed by atoms with Crippen LogP contribution in [0.2, 0.25) is 0 Å². The van der Waals surface area contributed by atoms with Crippen molar-refractivity contribution in [1.82, 2.24) is 0 Å². The molecule has 5 heteroatoms. The van der Waals surface area contributed by atoms with E-state index in [1.807, 2.05) is 54.6 Å². The van der Waals surface area contributed by atoms with Gasteiger partial charge in [-0.15, -0.1) is 0 Å². The molecule has 1 aliphatic heterocycles. The Labute approximate surface area is 159 Å². The first-order valence-corrected chi connectivity index (χ1v) is 8.96. The van der Waals surface area contributed by atoms with Crippen LogP contribution in [0.4, 0.5) is 5.69 Å². The van der Waals surface area contributed by atoms with E-state index < -0.39 is 11.4 Å². The van der Waals surface area contributed by atoms with Gasteiger partial charge in [-0.2, -0.15) is 0 Å². The number of nitrogens with zero attached hydrogens (tertiary/aromatic N) is 1. The molecule has 0 saturated heterocycles.